The van der Waals surface area contributed by atoms with Gasteiger partial charge in [0, 0.05) is 42.6 Å². The number of benzene rings is 2. The van der Waals surface area contributed by atoms with Crippen molar-refractivity contribution >= 4 is 33.1 Å². The molecule has 0 spiro atoms. The molecule has 0 aliphatic carbocycles. The van der Waals surface area contributed by atoms with E-state index in [4.69, 9.17) is 24.4 Å². The summed E-state index contributed by atoms with van der Waals surface area (Å²) in [5.41, 5.74) is 1.89. The van der Waals surface area contributed by atoms with Crippen molar-refractivity contribution in [3.05, 3.63) is 59.8 Å². The van der Waals surface area contributed by atoms with Gasteiger partial charge in [-0.3, -0.25) is 4.90 Å². The van der Waals surface area contributed by atoms with Crippen molar-refractivity contribution in [2.45, 2.75) is 84.5 Å². The van der Waals surface area contributed by atoms with E-state index in [1.807, 2.05) is 26.0 Å². The molecule has 8 rings (SSSR count). The number of hydrogen-bond donors (Lipinski definition) is 0. The van der Waals surface area contributed by atoms with E-state index < -0.39 is 23.3 Å². The van der Waals surface area contributed by atoms with E-state index in [9.17, 15) is 4.39 Å². The maximum Gasteiger partial charge on any atom is 0.319 e. The SMILES string of the molecule is C.C=C(C)c1c(F)ccc2cccc(-c3nc4c5c(nc(OC[C@@]67CCCN6C[C@H](F)C7)nc5c3F)N3CCCOC[C@H]3CC4)c12.CC. The number of aromatic nitrogens is 3. The van der Waals surface area contributed by atoms with Crippen LogP contribution in [0.5, 0.6) is 6.01 Å². The molecule has 0 amide bonds. The third kappa shape index (κ3) is 5.70. The quantitative estimate of drug-likeness (QED) is 0.213. The molecular weight excluding hydrogens is 615 g/mol. The Balaban J connectivity index is 0.00000131. The molecule has 0 N–H and O–H groups in total. The molecule has 2 aromatic heterocycles. The summed E-state index contributed by atoms with van der Waals surface area (Å²) < 4.78 is 59.0. The van der Waals surface area contributed by atoms with Crippen LogP contribution >= 0.6 is 0 Å². The van der Waals surface area contributed by atoms with Gasteiger partial charge in [-0.25, -0.2) is 18.2 Å². The number of fused-ring (bicyclic) bond motifs is 4. The van der Waals surface area contributed by atoms with Crippen molar-refractivity contribution in [1.82, 2.24) is 19.9 Å². The van der Waals surface area contributed by atoms with Crippen LogP contribution in [0.25, 0.3) is 38.5 Å². The van der Waals surface area contributed by atoms with Gasteiger partial charge >= 0.3 is 6.01 Å². The van der Waals surface area contributed by atoms with Crippen molar-refractivity contribution in [1.29, 1.82) is 0 Å². The standard InChI is InChI=1S/C35H36F3N5O2.C2H6.CH4/c1-20(2)27-25(37)10-8-21-6-3-7-24(28(21)27)31-30(38)32-29-26(39-31)11-9-23-18-44-15-5-14-43(23)33(29)41-34(40-32)45-19-35-12-4-13-42(35)17-22(36)16-35;1-2;/h3,6-8,10,22-23H,1,4-5,9,11-19H2,2H3;1-2H3;1H4/t22-,23-,35+;;/m1../s1. The molecule has 0 unspecified atom stereocenters. The highest BCUT2D eigenvalue weighted by atomic mass is 19.1. The molecule has 4 aromatic rings. The van der Waals surface area contributed by atoms with Crippen LogP contribution in [0.1, 0.15) is 71.6 Å². The summed E-state index contributed by atoms with van der Waals surface area (Å²) in [4.78, 5) is 18.9. The molecule has 4 aliphatic heterocycles. The summed E-state index contributed by atoms with van der Waals surface area (Å²) >= 11 is 0. The fourth-order valence-corrected chi connectivity index (χ4v) is 8.10. The molecule has 0 radical (unpaired) electrons. The Hall–Kier alpha value is -3.76. The highest BCUT2D eigenvalue weighted by Gasteiger charge is 2.49. The van der Waals surface area contributed by atoms with Crippen LogP contribution in [-0.4, -0.2) is 77.1 Å². The third-order valence-electron chi connectivity index (χ3n) is 10.2. The summed E-state index contributed by atoms with van der Waals surface area (Å²) in [6.45, 7) is 13.1. The number of ether oxygens (including phenoxy) is 2. The lowest BCUT2D eigenvalue weighted by Crippen LogP contribution is -2.43. The normalized spacial score (nSPS) is 23.4. The molecule has 256 valence electrons. The van der Waals surface area contributed by atoms with Gasteiger partial charge in [0.25, 0.3) is 0 Å². The van der Waals surface area contributed by atoms with Gasteiger partial charge in [0.05, 0.1) is 29.3 Å². The summed E-state index contributed by atoms with van der Waals surface area (Å²) in [6.07, 6.45) is 3.48. The topological polar surface area (TPSA) is 63.6 Å². The van der Waals surface area contributed by atoms with E-state index in [2.05, 4.69) is 16.4 Å². The highest BCUT2D eigenvalue weighted by Crippen LogP contribution is 2.43. The number of anilines is 1. The predicted molar refractivity (Wildman–Crippen MR) is 186 cm³/mol. The molecular formula is C38H46F3N5O2. The van der Waals surface area contributed by atoms with Gasteiger partial charge in [0.1, 0.15) is 35.6 Å². The summed E-state index contributed by atoms with van der Waals surface area (Å²) in [5.74, 6) is -0.433. The second kappa shape index (κ2) is 13.6. The van der Waals surface area contributed by atoms with Crippen LogP contribution in [0.3, 0.4) is 0 Å². The highest BCUT2D eigenvalue weighted by molar-refractivity contribution is 6.05. The molecule has 0 bridgehead atoms. The van der Waals surface area contributed by atoms with Gasteiger partial charge < -0.3 is 14.4 Å². The number of nitrogens with zero attached hydrogens (tertiary/aromatic N) is 5. The van der Waals surface area contributed by atoms with Crippen molar-refractivity contribution in [2.24, 2.45) is 0 Å². The van der Waals surface area contributed by atoms with Crippen LogP contribution < -0.4 is 9.64 Å². The summed E-state index contributed by atoms with van der Waals surface area (Å²) in [7, 11) is 0. The molecule has 7 nitrogen and oxygen atoms in total. The smallest absolute Gasteiger partial charge is 0.319 e. The van der Waals surface area contributed by atoms with E-state index in [0.717, 1.165) is 37.6 Å². The van der Waals surface area contributed by atoms with Crippen molar-refractivity contribution in [3.8, 4) is 17.3 Å². The van der Waals surface area contributed by atoms with Crippen LogP contribution in [0.15, 0.2) is 36.9 Å². The number of hydrogen-bond acceptors (Lipinski definition) is 7. The number of halogens is 3. The molecule has 3 fully saturated rings. The molecule has 0 saturated carbocycles. The fourth-order valence-electron chi connectivity index (χ4n) is 8.10. The van der Waals surface area contributed by atoms with Crippen molar-refractivity contribution < 1.29 is 22.6 Å². The second-order valence-electron chi connectivity index (χ2n) is 13.1. The molecule has 6 heterocycles. The summed E-state index contributed by atoms with van der Waals surface area (Å²) in [6, 6.07) is 8.69. The molecule has 3 atom stereocenters. The van der Waals surface area contributed by atoms with Gasteiger partial charge in [0.2, 0.25) is 0 Å². The Kier molecular flexibility index (Phi) is 9.69. The lowest BCUT2D eigenvalue weighted by atomic mass is 9.93. The first-order valence-corrected chi connectivity index (χ1v) is 17.0. The van der Waals surface area contributed by atoms with Gasteiger partial charge in [-0.15, -0.1) is 0 Å². The number of rotatable bonds is 5. The summed E-state index contributed by atoms with van der Waals surface area (Å²) in [5, 5.41) is 1.90. The monoisotopic (exact) mass is 661 g/mol. The first kappa shape index (κ1) is 34.1. The minimum Gasteiger partial charge on any atom is -0.461 e. The maximum atomic E-state index is 17.0. The van der Waals surface area contributed by atoms with Gasteiger partial charge in [0.15, 0.2) is 5.82 Å². The maximum absolute atomic E-state index is 17.0. The lowest BCUT2D eigenvalue weighted by Gasteiger charge is -2.31. The van der Waals surface area contributed by atoms with Gasteiger partial charge in [-0.05, 0) is 62.6 Å². The zero-order valence-electron chi connectivity index (χ0n) is 27.4. The molecule has 10 heteroatoms. The molecule has 3 saturated heterocycles. The average Bonchev–Trinajstić information content (AvgIpc) is 3.42. The molecule has 4 aliphatic rings. The molecule has 2 aromatic carbocycles. The van der Waals surface area contributed by atoms with Crippen molar-refractivity contribution in [3.63, 3.8) is 0 Å². The Bertz CT molecular complexity index is 1850. The van der Waals surface area contributed by atoms with E-state index >= 15 is 8.78 Å². The second-order valence-corrected chi connectivity index (χ2v) is 13.1. The van der Waals surface area contributed by atoms with Gasteiger partial charge in [-0.2, -0.15) is 9.97 Å². The minimum atomic E-state index is -0.891. The lowest BCUT2D eigenvalue weighted by molar-refractivity contribution is 0.107. The van der Waals surface area contributed by atoms with Crippen molar-refractivity contribution in [2.75, 3.05) is 44.4 Å². The number of pyridine rings is 1. The zero-order chi connectivity index (χ0) is 32.9. The Labute approximate surface area is 281 Å². The largest absolute Gasteiger partial charge is 0.461 e. The Morgan fingerprint density at radius 2 is 1.92 bits per heavy atom. The minimum absolute atomic E-state index is 0. The average molecular weight is 662 g/mol. The van der Waals surface area contributed by atoms with Crippen LogP contribution in [0.4, 0.5) is 19.0 Å². The first-order valence-electron chi connectivity index (χ1n) is 17.0. The zero-order valence-corrected chi connectivity index (χ0v) is 27.4. The van der Waals surface area contributed by atoms with E-state index in [-0.39, 0.29) is 37.3 Å². The number of allylic oxidation sites excluding steroid dienone is 1. The third-order valence-corrected chi connectivity index (χ3v) is 10.2. The van der Waals surface area contributed by atoms with Crippen LogP contribution in [0, 0.1) is 11.6 Å². The van der Waals surface area contributed by atoms with E-state index in [1.54, 1.807) is 19.1 Å². The number of aryl methyl sites for hydroxylation is 1. The Morgan fingerprint density at radius 3 is 2.73 bits per heavy atom. The fraction of sp³-hybridized carbons (Fsp3) is 0.500. The van der Waals surface area contributed by atoms with Crippen LogP contribution in [0.2, 0.25) is 0 Å². The van der Waals surface area contributed by atoms with Gasteiger partial charge in [-0.1, -0.05) is 52.1 Å². The predicted octanol–water partition coefficient (Wildman–Crippen LogP) is 8.32. The Morgan fingerprint density at radius 1 is 1.08 bits per heavy atom. The van der Waals surface area contributed by atoms with E-state index in [0.29, 0.717) is 78.1 Å². The number of alkyl halides is 1. The van der Waals surface area contributed by atoms with E-state index in [1.165, 1.54) is 6.07 Å². The molecule has 48 heavy (non-hydrogen) atoms. The van der Waals surface area contributed by atoms with Crippen LogP contribution in [-0.2, 0) is 11.2 Å². The first-order chi connectivity index (χ1) is 22.8.